The van der Waals surface area contributed by atoms with Crippen LogP contribution in [0.3, 0.4) is 0 Å². The number of rotatable bonds is 29. The zero-order chi connectivity index (χ0) is 62.6. The van der Waals surface area contributed by atoms with E-state index < -0.39 is 99.7 Å². The SMILES string of the molecule is CC(C)C(NC(=O)CCCCCN1C(=O)C=CC1=O)C(=O)N[C@@H](CCCNC(N)=O)C(=O)Nc1ccc(COC(=O)N(CCOCCN2C(=O)c3cccc4cc([N+](=O)[O-])cc(c34)C2=O)CCN2C(=O)c3cccc4cc([N+](=O)[O-])cc(c34)C2=O)cc1. The Hall–Kier alpha value is -10.5. The number of nitro groups is 2. The van der Waals surface area contributed by atoms with Crippen LogP contribution in [0.15, 0.2) is 97.1 Å². The van der Waals surface area contributed by atoms with E-state index in [-0.39, 0.29) is 122 Å². The topological polar surface area (TPSA) is 380 Å². The van der Waals surface area contributed by atoms with E-state index in [0.29, 0.717) is 35.6 Å². The summed E-state index contributed by atoms with van der Waals surface area (Å²) in [5, 5.41) is 35.3. The number of carbonyl (C=O) groups excluding carboxylic acids is 11. The van der Waals surface area contributed by atoms with Crippen LogP contribution in [-0.4, -0.2) is 159 Å². The van der Waals surface area contributed by atoms with Gasteiger partial charge in [-0.2, -0.15) is 0 Å². The second-order valence-corrected chi connectivity index (χ2v) is 20.9. The molecule has 5 aromatic carbocycles. The van der Waals surface area contributed by atoms with Crippen molar-refractivity contribution in [1.29, 1.82) is 0 Å². The van der Waals surface area contributed by atoms with Crippen LogP contribution in [0.2, 0.25) is 0 Å². The number of hydrogen-bond acceptors (Lipinski definition) is 17. The summed E-state index contributed by atoms with van der Waals surface area (Å²) in [5.74, 6) is -5.89. The van der Waals surface area contributed by atoms with E-state index in [1.807, 2.05) is 0 Å². The number of primary amides is 1. The zero-order valence-corrected chi connectivity index (χ0v) is 47.3. The molecule has 454 valence electrons. The molecule has 3 heterocycles. The van der Waals surface area contributed by atoms with E-state index in [1.165, 1.54) is 66.7 Å². The Labute approximate surface area is 495 Å². The van der Waals surface area contributed by atoms with E-state index in [0.717, 1.165) is 31.7 Å². The molecule has 0 radical (unpaired) electrons. The van der Waals surface area contributed by atoms with Gasteiger partial charge >= 0.3 is 12.1 Å². The van der Waals surface area contributed by atoms with Crippen molar-refractivity contribution in [2.75, 3.05) is 57.8 Å². The predicted octanol–water partition coefficient (Wildman–Crippen LogP) is 4.86. The van der Waals surface area contributed by atoms with Crippen LogP contribution < -0.4 is 27.0 Å². The summed E-state index contributed by atoms with van der Waals surface area (Å²) in [7, 11) is 0. The third-order valence-electron chi connectivity index (χ3n) is 14.7. The minimum absolute atomic E-state index is 0.0359. The number of benzene rings is 5. The number of carbonyl (C=O) groups is 11. The van der Waals surface area contributed by atoms with Gasteiger partial charge < -0.3 is 41.4 Å². The molecule has 0 saturated carbocycles. The molecule has 1 unspecified atom stereocenters. The zero-order valence-electron chi connectivity index (χ0n) is 47.3. The van der Waals surface area contributed by atoms with Crippen molar-refractivity contribution < 1.29 is 72.1 Å². The number of nitro benzene ring substituents is 2. The highest BCUT2D eigenvalue weighted by Gasteiger charge is 2.37. The first-order valence-corrected chi connectivity index (χ1v) is 27.8. The van der Waals surface area contributed by atoms with Gasteiger partial charge in [0.25, 0.3) is 46.8 Å². The number of nitrogens with two attached hydrogens (primary N) is 1. The molecule has 0 spiro atoms. The Morgan fingerprint density at radius 1 is 0.632 bits per heavy atom. The van der Waals surface area contributed by atoms with Gasteiger partial charge in [0.15, 0.2) is 0 Å². The third-order valence-corrected chi connectivity index (χ3v) is 14.7. The fraction of sp³-hybridized carbons (Fsp3) is 0.339. The maximum absolute atomic E-state index is 14.0. The molecule has 0 aromatic heterocycles. The number of unbranched alkanes of at least 4 members (excludes halogenated alkanes) is 2. The van der Waals surface area contributed by atoms with Crippen LogP contribution >= 0.6 is 0 Å². The fourth-order valence-electron chi connectivity index (χ4n) is 10.2. The van der Waals surface area contributed by atoms with Crippen molar-refractivity contribution in [2.24, 2.45) is 11.7 Å². The lowest BCUT2D eigenvalue weighted by molar-refractivity contribution is -0.384. The molecule has 0 saturated heterocycles. The van der Waals surface area contributed by atoms with Gasteiger partial charge in [0.2, 0.25) is 17.7 Å². The highest BCUT2D eigenvalue weighted by Crippen LogP contribution is 2.35. The Morgan fingerprint density at radius 2 is 1.21 bits per heavy atom. The maximum Gasteiger partial charge on any atom is 0.410 e. The van der Waals surface area contributed by atoms with Gasteiger partial charge in [-0.25, -0.2) is 9.59 Å². The van der Waals surface area contributed by atoms with Crippen LogP contribution in [0, 0.1) is 26.1 Å². The van der Waals surface area contributed by atoms with Gasteiger partial charge in [-0.05, 0) is 72.2 Å². The summed E-state index contributed by atoms with van der Waals surface area (Å²) >= 11 is 0. The van der Waals surface area contributed by atoms with Crippen LogP contribution in [0.1, 0.15) is 99.4 Å². The number of urea groups is 1. The highest BCUT2D eigenvalue weighted by atomic mass is 16.6. The standard InChI is InChI=1S/C59H61N11O17/c1-34(2)51(64-46(71)14-4-3-5-22-66-47(72)19-20-48(66)73)53(75)63-45(13-8-21-61-58(60)80)52(74)62-38-17-15-35(16-18-38)33-87-59(81)65(23-24-67-54(76)41-11-6-9-36-29-39(69(82)83)31-43(49(36)41)56(67)78)25-27-86-28-26-68-55(77)42-12-7-10-37-30-40(70(84)85)32-44(50(37)42)57(68)79/h6-7,9-12,15-20,29-32,34,45,51H,3-5,8,13-14,21-28,33H2,1-2H3,(H,62,74)(H,63,75)(H,64,71)(H3,60,61,80)/t45-,51?/m0/s1. The average molecular weight is 1200 g/mol. The molecule has 12 amide bonds. The van der Waals surface area contributed by atoms with Crippen molar-refractivity contribution in [3.05, 3.63) is 145 Å². The number of non-ortho nitro benzene ring substituents is 2. The monoisotopic (exact) mass is 1200 g/mol. The quantitative estimate of drug-likeness (QED) is 0.0185. The number of amides is 12. The number of ether oxygens (including phenoxy) is 2. The summed E-state index contributed by atoms with van der Waals surface area (Å²) in [4.78, 5) is 171. The minimum Gasteiger partial charge on any atom is -0.445 e. The molecule has 0 fully saturated rings. The van der Waals surface area contributed by atoms with Crippen LogP contribution in [0.25, 0.3) is 21.5 Å². The smallest absolute Gasteiger partial charge is 0.410 e. The summed E-state index contributed by atoms with van der Waals surface area (Å²) in [5.41, 5.74) is 5.34. The first kappa shape index (κ1) is 62.5. The summed E-state index contributed by atoms with van der Waals surface area (Å²) in [6.07, 6.45) is 3.18. The van der Waals surface area contributed by atoms with Gasteiger partial charge in [0.1, 0.15) is 18.7 Å². The molecule has 3 aliphatic rings. The molecule has 5 aromatic rings. The van der Waals surface area contributed by atoms with Gasteiger partial charge in [-0.3, -0.25) is 78.1 Å². The second kappa shape index (κ2) is 27.9. The van der Waals surface area contributed by atoms with E-state index in [4.69, 9.17) is 15.2 Å². The Bertz CT molecular complexity index is 3640. The van der Waals surface area contributed by atoms with Crippen LogP contribution in [0.5, 0.6) is 0 Å². The molecule has 87 heavy (non-hydrogen) atoms. The Balaban J connectivity index is 0.895. The summed E-state index contributed by atoms with van der Waals surface area (Å²) < 4.78 is 11.5. The Morgan fingerprint density at radius 3 is 1.77 bits per heavy atom. The first-order chi connectivity index (χ1) is 41.6. The fourth-order valence-corrected chi connectivity index (χ4v) is 10.2. The molecule has 0 aliphatic carbocycles. The molecule has 28 nitrogen and oxygen atoms in total. The average Bonchev–Trinajstić information content (AvgIpc) is 1.52. The lowest BCUT2D eigenvalue weighted by Crippen LogP contribution is -2.54. The van der Waals surface area contributed by atoms with Crippen molar-refractivity contribution >= 4 is 104 Å². The largest absolute Gasteiger partial charge is 0.445 e. The molecule has 6 N–H and O–H groups in total. The van der Waals surface area contributed by atoms with Gasteiger partial charge in [-0.15, -0.1) is 0 Å². The highest BCUT2D eigenvalue weighted by molar-refractivity contribution is 6.27. The van der Waals surface area contributed by atoms with Crippen molar-refractivity contribution in [2.45, 2.75) is 71.1 Å². The number of anilines is 1. The second-order valence-electron chi connectivity index (χ2n) is 20.9. The van der Waals surface area contributed by atoms with Crippen LogP contribution in [0.4, 0.5) is 26.7 Å². The van der Waals surface area contributed by atoms with Gasteiger partial charge in [-0.1, -0.05) is 56.7 Å². The van der Waals surface area contributed by atoms with E-state index in [9.17, 15) is 73.0 Å². The summed E-state index contributed by atoms with van der Waals surface area (Å²) in [6, 6.07) is 16.9. The molecule has 2 atom stereocenters. The molecular weight excluding hydrogens is 1130 g/mol. The molecule has 3 aliphatic heterocycles. The molecule has 0 bridgehead atoms. The first-order valence-electron chi connectivity index (χ1n) is 27.8. The van der Waals surface area contributed by atoms with Crippen molar-refractivity contribution in [1.82, 2.24) is 35.6 Å². The van der Waals surface area contributed by atoms with Gasteiger partial charge in [0, 0.05) is 103 Å². The number of nitrogens with one attached hydrogen (secondary N) is 4. The lowest BCUT2D eigenvalue weighted by atomic mass is 9.93. The third kappa shape index (κ3) is 14.9. The molecule has 8 rings (SSSR count). The molecule has 28 heteroatoms. The number of imide groups is 3. The van der Waals surface area contributed by atoms with E-state index >= 15 is 0 Å². The van der Waals surface area contributed by atoms with E-state index in [2.05, 4.69) is 21.3 Å². The van der Waals surface area contributed by atoms with Crippen LogP contribution in [-0.2, 0) is 40.1 Å². The molecular formula is C59H61N11O17. The maximum atomic E-state index is 14.0. The minimum atomic E-state index is -1.17. The predicted molar refractivity (Wildman–Crippen MR) is 309 cm³/mol. The number of nitrogens with zero attached hydrogens (tertiary/aromatic N) is 6. The Kier molecular flexibility index (Phi) is 20.1. The van der Waals surface area contributed by atoms with E-state index in [1.54, 1.807) is 32.0 Å². The normalized spacial score (nSPS) is 14.2. The van der Waals surface area contributed by atoms with Crippen molar-refractivity contribution in [3.63, 3.8) is 0 Å². The number of hydrogen-bond donors (Lipinski definition) is 5. The van der Waals surface area contributed by atoms with Gasteiger partial charge in [0.05, 0.1) is 40.7 Å². The van der Waals surface area contributed by atoms with Crippen molar-refractivity contribution in [3.8, 4) is 0 Å². The lowest BCUT2D eigenvalue weighted by Gasteiger charge is -2.30. The summed E-state index contributed by atoms with van der Waals surface area (Å²) in [6.45, 7) is 1.63.